The number of fused-ring (bicyclic) bond motifs is 1. The molecule has 2 amide bonds. The number of anilines is 3. The number of ether oxygens (including phenoxy) is 2. The molecule has 4 atom stereocenters. The van der Waals surface area contributed by atoms with Gasteiger partial charge in [0.2, 0.25) is 0 Å². The Morgan fingerprint density at radius 2 is 2.00 bits per heavy atom. The van der Waals surface area contributed by atoms with Gasteiger partial charge in [0.1, 0.15) is 34.7 Å². The van der Waals surface area contributed by atoms with E-state index in [2.05, 4.69) is 20.7 Å². The Bertz CT molecular complexity index is 1480. The van der Waals surface area contributed by atoms with Crippen LogP contribution in [0.2, 0.25) is 0 Å². The number of nitrogens with zero attached hydrogens (tertiary/aromatic N) is 5. The molecule has 0 aliphatic heterocycles. The van der Waals surface area contributed by atoms with Gasteiger partial charge in [0.25, 0.3) is 11.5 Å². The minimum absolute atomic E-state index is 0.0644. The van der Waals surface area contributed by atoms with Crippen molar-refractivity contribution in [1.29, 1.82) is 0 Å². The molecule has 208 valence electrons. The van der Waals surface area contributed by atoms with Crippen LogP contribution in [0.1, 0.15) is 56.4 Å². The summed E-state index contributed by atoms with van der Waals surface area (Å²) < 4.78 is 27.3. The highest BCUT2D eigenvalue weighted by atomic mass is 19.1. The third kappa shape index (κ3) is 5.31. The third-order valence-corrected chi connectivity index (χ3v) is 6.81. The van der Waals surface area contributed by atoms with E-state index in [1.54, 1.807) is 46.2 Å². The number of methoxy groups -OCH3 is 1. The molecule has 3 heterocycles. The molecule has 2 N–H and O–H groups in total. The summed E-state index contributed by atoms with van der Waals surface area (Å²) in [7, 11) is 3.11. The first-order valence-electron chi connectivity index (χ1n) is 12.8. The average molecular weight is 542 g/mol. The topological polar surface area (TPSA) is 132 Å². The van der Waals surface area contributed by atoms with Gasteiger partial charge in [0.15, 0.2) is 5.65 Å². The van der Waals surface area contributed by atoms with Crippen LogP contribution in [0.4, 0.5) is 26.5 Å². The molecule has 0 unspecified atom stereocenters. The molecular weight excluding hydrogens is 509 g/mol. The number of halogens is 1. The molecule has 2 aliphatic carbocycles. The van der Waals surface area contributed by atoms with Crippen molar-refractivity contribution in [3.8, 4) is 0 Å². The van der Waals surface area contributed by atoms with E-state index in [9.17, 15) is 18.8 Å². The van der Waals surface area contributed by atoms with Gasteiger partial charge in [-0.3, -0.25) is 14.5 Å². The van der Waals surface area contributed by atoms with Gasteiger partial charge < -0.3 is 24.7 Å². The Hall–Kier alpha value is -4.00. The third-order valence-electron chi connectivity index (χ3n) is 6.81. The summed E-state index contributed by atoms with van der Waals surface area (Å²) in [4.78, 5) is 44.9. The Kier molecular flexibility index (Phi) is 6.79. The van der Waals surface area contributed by atoms with Gasteiger partial charge in [0, 0.05) is 32.8 Å². The molecule has 0 saturated heterocycles. The fourth-order valence-corrected chi connectivity index (χ4v) is 4.44. The molecule has 2 aliphatic rings. The Balaban J connectivity index is 1.54. The molecule has 2 saturated carbocycles. The molecule has 12 nitrogen and oxygen atoms in total. The van der Waals surface area contributed by atoms with E-state index in [1.165, 1.54) is 33.3 Å². The van der Waals surface area contributed by atoms with Crippen LogP contribution in [-0.4, -0.2) is 69.2 Å². The highest BCUT2D eigenvalue weighted by Crippen LogP contribution is 2.38. The minimum Gasteiger partial charge on any atom is -0.443 e. The molecule has 2 fully saturated rings. The lowest BCUT2D eigenvalue weighted by Crippen LogP contribution is -2.51. The summed E-state index contributed by atoms with van der Waals surface area (Å²) in [6.07, 6.45) is 3.08. The van der Waals surface area contributed by atoms with Crippen molar-refractivity contribution < 1.29 is 23.5 Å². The predicted molar refractivity (Wildman–Crippen MR) is 141 cm³/mol. The smallest absolute Gasteiger partial charge is 0.415 e. The van der Waals surface area contributed by atoms with E-state index in [1.807, 2.05) is 0 Å². The number of pyridine rings is 1. The maximum absolute atomic E-state index is 13.7. The van der Waals surface area contributed by atoms with Gasteiger partial charge in [0.05, 0.1) is 24.4 Å². The summed E-state index contributed by atoms with van der Waals surface area (Å²) >= 11 is 0. The fraction of sp³-hybridized carbons (Fsp3) is 0.500. The second-order valence-corrected chi connectivity index (χ2v) is 10.8. The Morgan fingerprint density at radius 3 is 2.62 bits per heavy atom. The van der Waals surface area contributed by atoms with Crippen molar-refractivity contribution in [2.24, 2.45) is 0 Å². The van der Waals surface area contributed by atoms with Gasteiger partial charge in [-0.05, 0) is 45.7 Å². The molecule has 0 aromatic carbocycles. The van der Waals surface area contributed by atoms with Gasteiger partial charge in [-0.15, -0.1) is 0 Å². The second-order valence-electron chi connectivity index (χ2n) is 10.8. The molecule has 0 spiro atoms. The van der Waals surface area contributed by atoms with E-state index in [-0.39, 0.29) is 47.1 Å². The van der Waals surface area contributed by atoms with Crippen molar-refractivity contribution in [2.45, 2.75) is 70.0 Å². The molecule has 39 heavy (non-hydrogen) atoms. The highest BCUT2D eigenvalue weighted by Gasteiger charge is 2.40. The van der Waals surface area contributed by atoms with Gasteiger partial charge >= 0.3 is 6.09 Å². The normalized spacial score (nSPS) is 22.2. The van der Waals surface area contributed by atoms with E-state index in [0.29, 0.717) is 0 Å². The lowest BCUT2D eigenvalue weighted by molar-refractivity contribution is 0.00732. The largest absolute Gasteiger partial charge is 0.443 e. The summed E-state index contributed by atoms with van der Waals surface area (Å²) in [6, 6.07) is 4.10. The monoisotopic (exact) mass is 541 g/mol. The number of hydrogen-bond acceptors (Lipinski definition) is 8. The van der Waals surface area contributed by atoms with E-state index < -0.39 is 35.4 Å². The van der Waals surface area contributed by atoms with Crippen molar-refractivity contribution in [3.63, 3.8) is 0 Å². The molecule has 3 aromatic heterocycles. The lowest BCUT2D eigenvalue weighted by atomic mass is 9.89. The zero-order chi connectivity index (χ0) is 28.1. The lowest BCUT2D eigenvalue weighted by Gasteiger charge is -2.35. The first kappa shape index (κ1) is 26.6. The standard InChI is InChI=1S/C26H32FN7O5/c1-26(2,3)39-25(37)32(4)21-12-20(29-17-7-6-10-33(24(17)36)18-11-15(18)27)31-22-14(13-28-34(21)22)23(35)30-16-8-9-19(16)38-5/h6-7,10,12-13,15-16,18-19H,8-9,11H2,1-5H3,(H,29,31)(H,30,35)/t15-,16+,18-,19+/m0/s1. The number of carbonyl (C=O) groups is 2. The van der Waals surface area contributed by atoms with Crippen LogP contribution in [-0.2, 0) is 9.47 Å². The van der Waals surface area contributed by atoms with Crippen LogP contribution < -0.4 is 21.1 Å². The Morgan fingerprint density at radius 1 is 1.26 bits per heavy atom. The van der Waals surface area contributed by atoms with Gasteiger partial charge in [-0.25, -0.2) is 14.2 Å². The average Bonchev–Trinajstić information content (AvgIpc) is 3.42. The van der Waals surface area contributed by atoms with E-state index >= 15 is 0 Å². The number of hydrogen-bond donors (Lipinski definition) is 2. The maximum atomic E-state index is 13.7. The Labute approximate surface area is 224 Å². The minimum atomic E-state index is -1.05. The van der Waals surface area contributed by atoms with Crippen LogP contribution in [0.5, 0.6) is 0 Å². The second kappa shape index (κ2) is 9.95. The molecule has 0 bridgehead atoms. The van der Waals surface area contributed by atoms with Crippen molar-refractivity contribution in [3.05, 3.63) is 46.5 Å². The maximum Gasteiger partial charge on any atom is 0.415 e. The fourth-order valence-electron chi connectivity index (χ4n) is 4.44. The van der Waals surface area contributed by atoms with Crippen LogP contribution in [0.25, 0.3) is 5.65 Å². The SMILES string of the molecule is CO[C@@H]1CC[C@H]1NC(=O)c1cnn2c(N(C)C(=O)OC(C)(C)C)cc(Nc3cccn([C@H]4C[C@@H]4F)c3=O)nc12. The summed E-state index contributed by atoms with van der Waals surface area (Å²) in [6.45, 7) is 5.25. The quantitative estimate of drug-likeness (QED) is 0.466. The molecule has 3 aromatic rings. The first-order chi connectivity index (χ1) is 18.5. The van der Waals surface area contributed by atoms with Gasteiger partial charge in [-0.1, -0.05) is 0 Å². The summed E-state index contributed by atoms with van der Waals surface area (Å²) in [5.41, 5.74) is -0.641. The highest BCUT2D eigenvalue weighted by molar-refractivity contribution is 6.00. The molecular formula is C26H32FN7O5. The number of nitrogens with one attached hydrogen (secondary N) is 2. The van der Waals surface area contributed by atoms with Crippen LogP contribution >= 0.6 is 0 Å². The van der Waals surface area contributed by atoms with E-state index in [4.69, 9.17) is 9.47 Å². The van der Waals surface area contributed by atoms with Crippen LogP contribution in [0, 0.1) is 0 Å². The molecule has 0 radical (unpaired) electrons. The van der Waals surface area contributed by atoms with E-state index in [0.717, 1.165) is 12.8 Å². The van der Waals surface area contributed by atoms with Crippen LogP contribution in [0.3, 0.4) is 0 Å². The molecule has 5 rings (SSSR count). The van der Waals surface area contributed by atoms with Crippen molar-refractivity contribution >= 4 is 35.0 Å². The number of amides is 2. The first-order valence-corrected chi connectivity index (χ1v) is 12.8. The van der Waals surface area contributed by atoms with Crippen LogP contribution in [0.15, 0.2) is 35.4 Å². The summed E-state index contributed by atoms with van der Waals surface area (Å²) in [5.74, 6) is 0.0388. The number of rotatable bonds is 7. The number of aromatic nitrogens is 4. The number of carbonyl (C=O) groups excluding carboxylic acids is 2. The van der Waals surface area contributed by atoms with Gasteiger partial charge in [-0.2, -0.15) is 9.61 Å². The predicted octanol–water partition coefficient (Wildman–Crippen LogP) is 3.20. The number of alkyl halides is 1. The molecule has 13 heteroatoms. The zero-order valence-electron chi connectivity index (χ0n) is 22.5. The van der Waals surface area contributed by atoms with Crippen molar-refractivity contribution in [2.75, 3.05) is 24.4 Å². The zero-order valence-corrected chi connectivity index (χ0v) is 22.5. The summed E-state index contributed by atoms with van der Waals surface area (Å²) in [5, 5.41) is 10.3. The van der Waals surface area contributed by atoms with Crippen molar-refractivity contribution in [1.82, 2.24) is 24.5 Å².